The van der Waals surface area contributed by atoms with Crippen molar-refractivity contribution in [2.24, 2.45) is 0 Å². The highest BCUT2D eigenvalue weighted by Crippen LogP contribution is 2.13. The molecule has 0 saturated carbocycles. The number of hydrogen-bond donors (Lipinski definition) is 1. The Kier molecular flexibility index (Phi) is 4.61. The van der Waals surface area contributed by atoms with Gasteiger partial charge in [-0.25, -0.2) is 0 Å². The molecule has 1 aromatic heterocycles. The second kappa shape index (κ2) is 6.21. The minimum Gasteiger partial charge on any atom is -0.465 e. The van der Waals surface area contributed by atoms with Crippen molar-refractivity contribution in [3.05, 3.63) is 23.7 Å². The summed E-state index contributed by atoms with van der Waals surface area (Å²) in [7, 11) is 0. The van der Waals surface area contributed by atoms with Crippen molar-refractivity contribution in [3.8, 4) is 0 Å². The normalized spacial score (nSPS) is 18.6. The lowest BCUT2D eigenvalue weighted by atomic mass is 10.2. The lowest BCUT2D eigenvalue weighted by molar-refractivity contribution is -0.141. The number of nitrogens with zero attached hydrogens (tertiary/aromatic N) is 2. The van der Waals surface area contributed by atoms with Crippen LogP contribution in [0.4, 0.5) is 0 Å². The van der Waals surface area contributed by atoms with Gasteiger partial charge in [-0.05, 0) is 19.1 Å². The number of piperazine rings is 1. The summed E-state index contributed by atoms with van der Waals surface area (Å²) >= 11 is 0. The third-order valence-electron chi connectivity index (χ3n) is 3.49. The van der Waals surface area contributed by atoms with Gasteiger partial charge in [-0.2, -0.15) is 0 Å². The second-order valence-electron chi connectivity index (χ2n) is 5.00. The zero-order chi connectivity index (χ0) is 13.8. The van der Waals surface area contributed by atoms with Crippen LogP contribution in [0, 0.1) is 0 Å². The maximum absolute atomic E-state index is 11.6. The number of carbonyl (C=O) groups excluding carboxylic acids is 1. The highest BCUT2D eigenvalue weighted by atomic mass is 16.3. The monoisotopic (exact) mass is 266 g/mol. The van der Waals surface area contributed by atoms with E-state index < -0.39 is 6.10 Å². The Labute approximate surface area is 113 Å². The molecular formula is C14H22N2O3. The van der Waals surface area contributed by atoms with E-state index in [9.17, 15) is 9.90 Å². The molecule has 1 unspecified atom stereocenters. The molecule has 1 aliphatic heterocycles. The number of aryl methyl sites for hydroxylation is 1. The predicted octanol–water partition coefficient (Wildman–Crippen LogP) is 0.867. The van der Waals surface area contributed by atoms with Gasteiger partial charge in [-0.3, -0.25) is 9.69 Å². The molecule has 0 aliphatic carbocycles. The van der Waals surface area contributed by atoms with Crippen molar-refractivity contribution < 1.29 is 14.3 Å². The molecule has 0 aromatic carbocycles. The number of carbonyl (C=O) groups is 1. The summed E-state index contributed by atoms with van der Waals surface area (Å²) in [5, 5.41) is 9.28. The summed E-state index contributed by atoms with van der Waals surface area (Å²) in [4.78, 5) is 15.6. The molecule has 1 fully saturated rings. The molecule has 0 spiro atoms. The van der Waals surface area contributed by atoms with Crippen molar-refractivity contribution in [2.75, 3.05) is 26.2 Å². The summed E-state index contributed by atoms with van der Waals surface area (Å²) in [5.74, 6) is 1.82. The van der Waals surface area contributed by atoms with E-state index in [-0.39, 0.29) is 5.91 Å². The predicted molar refractivity (Wildman–Crippen MR) is 71.6 cm³/mol. The van der Waals surface area contributed by atoms with Gasteiger partial charge in [0.1, 0.15) is 17.6 Å². The van der Waals surface area contributed by atoms with Crippen molar-refractivity contribution in [3.63, 3.8) is 0 Å². The Morgan fingerprint density at radius 1 is 1.32 bits per heavy atom. The van der Waals surface area contributed by atoms with Gasteiger partial charge in [0.15, 0.2) is 0 Å². The molecule has 1 aromatic rings. The second-order valence-corrected chi connectivity index (χ2v) is 5.00. The zero-order valence-corrected chi connectivity index (χ0v) is 11.6. The van der Waals surface area contributed by atoms with Crippen LogP contribution in [0.15, 0.2) is 16.5 Å². The van der Waals surface area contributed by atoms with E-state index in [1.807, 2.05) is 12.1 Å². The standard InChI is InChI=1S/C14H22N2O3/c1-3-12-4-5-13(19-12)10-15-6-8-16(9-7-15)14(18)11(2)17/h4-5,11,17H,3,6-10H2,1-2H3. The Morgan fingerprint density at radius 3 is 2.47 bits per heavy atom. The number of aliphatic hydroxyl groups is 1. The van der Waals surface area contributed by atoms with Gasteiger partial charge in [0.2, 0.25) is 0 Å². The average Bonchev–Trinajstić information content (AvgIpc) is 2.86. The van der Waals surface area contributed by atoms with E-state index in [1.54, 1.807) is 4.90 Å². The van der Waals surface area contributed by atoms with Gasteiger partial charge in [0.05, 0.1) is 6.54 Å². The van der Waals surface area contributed by atoms with Gasteiger partial charge in [-0.1, -0.05) is 6.92 Å². The molecule has 5 nitrogen and oxygen atoms in total. The van der Waals surface area contributed by atoms with Gasteiger partial charge in [0, 0.05) is 32.6 Å². The van der Waals surface area contributed by atoms with E-state index in [0.717, 1.165) is 37.6 Å². The van der Waals surface area contributed by atoms with Crippen molar-refractivity contribution in [1.29, 1.82) is 0 Å². The summed E-state index contributed by atoms with van der Waals surface area (Å²) in [6.45, 7) is 7.36. The Balaban J connectivity index is 1.81. The number of rotatable bonds is 4. The van der Waals surface area contributed by atoms with Crippen LogP contribution in [0.5, 0.6) is 0 Å². The number of aliphatic hydroxyl groups excluding tert-OH is 1. The van der Waals surface area contributed by atoms with Crippen LogP contribution in [0.1, 0.15) is 25.4 Å². The van der Waals surface area contributed by atoms with Crippen molar-refractivity contribution in [2.45, 2.75) is 32.9 Å². The maximum Gasteiger partial charge on any atom is 0.251 e. The summed E-state index contributed by atoms with van der Waals surface area (Å²) < 4.78 is 5.69. The van der Waals surface area contributed by atoms with Crippen molar-refractivity contribution >= 4 is 5.91 Å². The summed E-state index contributed by atoms with van der Waals surface area (Å²) in [6, 6.07) is 4.04. The summed E-state index contributed by atoms with van der Waals surface area (Å²) in [6.07, 6.45) is 0.0140. The zero-order valence-electron chi connectivity index (χ0n) is 11.6. The minimum atomic E-state index is -0.899. The first-order valence-electron chi connectivity index (χ1n) is 6.87. The van der Waals surface area contributed by atoms with Gasteiger partial charge in [-0.15, -0.1) is 0 Å². The number of furan rings is 1. The Hall–Kier alpha value is -1.33. The molecule has 2 rings (SSSR count). The first-order valence-corrected chi connectivity index (χ1v) is 6.87. The lowest BCUT2D eigenvalue weighted by Gasteiger charge is -2.34. The minimum absolute atomic E-state index is 0.175. The molecular weight excluding hydrogens is 244 g/mol. The molecule has 1 saturated heterocycles. The van der Waals surface area contributed by atoms with E-state index in [1.165, 1.54) is 6.92 Å². The smallest absolute Gasteiger partial charge is 0.251 e. The number of hydrogen-bond acceptors (Lipinski definition) is 4. The summed E-state index contributed by atoms with van der Waals surface area (Å²) in [5.41, 5.74) is 0. The Morgan fingerprint density at radius 2 is 1.95 bits per heavy atom. The van der Waals surface area contributed by atoms with E-state index >= 15 is 0 Å². The molecule has 2 heterocycles. The van der Waals surface area contributed by atoms with Crippen LogP contribution >= 0.6 is 0 Å². The lowest BCUT2D eigenvalue weighted by Crippen LogP contribution is -2.50. The van der Waals surface area contributed by atoms with Gasteiger partial charge >= 0.3 is 0 Å². The van der Waals surface area contributed by atoms with Crippen LogP contribution in [0.25, 0.3) is 0 Å². The molecule has 0 bridgehead atoms. The highest BCUT2D eigenvalue weighted by molar-refractivity contribution is 5.80. The van der Waals surface area contributed by atoms with E-state index in [2.05, 4.69) is 11.8 Å². The third kappa shape index (κ3) is 3.58. The Bertz CT molecular complexity index is 420. The van der Waals surface area contributed by atoms with Crippen molar-refractivity contribution in [1.82, 2.24) is 9.80 Å². The molecule has 1 aliphatic rings. The first kappa shape index (κ1) is 14.1. The van der Waals surface area contributed by atoms with Gasteiger partial charge in [0.25, 0.3) is 5.91 Å². The van der Waals surface area contributed by atoms with Crippen LogP contribution < -0.4 is 0 Å². The van der Waals surface area contributed by atoms with Crippen LogP contribution in [-0.4, -0.2) is 53.1 Å². The highest BCUT2D eigenvalue weighted by Gasteiger charge is 2.24. The fraction of sp³-hybridized carbons (Fsp3) is 0.643. The largest absolute Gasteiger partial charge is 0.465 e. The molecule has 1 atom stereocenters. The molecule has 1 amide bonds. The van der Waals surface area contributed by atoms with Gasteiger partial charge < -0.3 is 14.4 Å². The topological polar surface area (TPSA) is 56.9 Å². The quantitative estimate of drug-likeness (QED) is 0.878. The number of amides is 1. The van der Waals surface area contributed by atoms with Crippen LogP contribution in [0.2, 0.25) is 0 Å². The fourth-order valence-electron chi connectivity index (χ4n) is 2.31. The van der Waals surface area contributed by atoms with Crippen LogP contribution in [0.3, 0.4) is 0 Å². The fourth-order valence-corrected chi connectivity index (χ4v) is 2.31. The average molecular weight is 266 g/mol. The SMILES string of the molecule is CCc1ccc(CN2CCN(C(=O)C(C)O)CC2)o1. The molecule has 0 radical (unpaired) electrons. The molecule has 1 N–H and O–H groups in total. The molecule has 106 valence electrons. The molecule has 5 heteroatoms. The first-order chi connectivity index (χ1) is 9.10. The maximum atomic E-state index is 11.6. The van der Waals surface area contributed by atoms with Crippen LogP contribution in [-0.2, 0) is 17.8 Å². The van der Waals surface area contributed by atoms with E-state index in [4.69, 9.17) is 4.42 Å². The van der Waals surface area contributed by atoms with E-state index in [0.29, 0.717) is 13.1 Å². The molecule has 19 heavy (non-hydrogen) atoms. The third-order valence-corrected chi connectivity index (χ3v) is 3.49.